The fourth-order valence-electron chi connectivity index (χ4n) is 2.05. The molecule has 23 heavy (non-hydrogen) atoms. The van der Waals surface area contributed by atoms with E-state index >= 15 is 0 Å². The predicted molar refractivity (Wildman–Crippen MR) is 87.1 cm³/mol. The Morgan fingerprint density at radius 2 is 2.04 bits per heavy atom. The van der Waals surface area contributed by atoms with Crippen LogP contribution in [0.15, 0.2) is 28.8 Å². The molecular weight excluding hydrogens is 294 g/mol. The number of carbonyl (C=O) groups is 1. The molecule has 0 fully saturated rings. The number of rotatable bonds is 5. The maximum atomic E-state index is 12.5. The van der Waals surface area contributed by atoms with Gasteiger partial charge in [0.2, 0.25) is 0 Å². The van der Waals surface area contributed by atoms with Crippen LogP contribution in [-0.2, 0) is 5.41 Å². The van der Waals surface area contributed by atoms with Gasteiger partial charge in [-0.3, -0.25) is 4.79 Å². The Morgan fingerprint density at radius 3 is 2.61 bits per heavy atom. The highest BCUT2D eigenvalue weighted by molar-refractivity contribution is 6.00. The molecule has 0 aliphatic carbocycles. The fraction of sp³-hybridized carbons (Fsp3) is 0.471. The molecule has 0 spiro atoms. The zero-order valence-corrected chi connectivity index (χ0v) is 14.0. The van der Waals surface area contributed by atoms with Crippen LogP contribution in [0.25, 0.3) is 11.5 Å². The highest BCUT2D eigenvalue weighted by Gasteiger charge is 2.24. The zero-order valence-electron chi connectivity index (χ0n) is 14.0. The lowest BCUT2D eigenvalue weighted by Crippen LogP contribution is -2.37. The third kappa shape index (κ3) is 3.96. The number of carbonyl (C=O) groups excluding carboxylic acids is 1. The number of aliphatic hydroxyl groups is 1. The summed E-state index contributed by atoms with van der Waals surface area (Å²) >= 11 is 0. The molecule has 1 atom stereocenters. The van der Waals surface area contributed by atoms with Crippen molar-refractivity contribution in [1.29, 1.82) is 0 Å². The quantitative estimate of drug-likeness (QED) is 0.884. The van der Waals surface area contributed by atoms with E-state index in [2.05, 4.69) is 15.5 Å². The first-order chi connectivity index (χ1) is 10.9. The molecule has 2 rings (SSSR count). The van der Waals surface area contributed by atoms with Gasteiger partial charge in [0.15, 0.2) is 5.82 Å². The Hall–Kier alpha value is -2.21. The van der Waals surface area contributed by atoms with E-state index in [-0.39, 0.29) is 24.0 Å². The highest BCUT2D eigenvalue weighted by Crippen LogP contribution is 2.26. The van der Waals surface area contributed by atoms with E-state index in [1.165, 1.54) is 0 Å². The maximum absolute atomic E-state index is 12.5. The van der Waals surface area contributed by atoms with Gasteiger partial charge in [0.05, 0.1) is 23.8 Å². The topological polar surface area (TPSA) is 88.2 Å². The standard InChI is InChI=1S/C17H23N3O3/c1-5-11(10-21)18-14(22)12-8-6-7-9-13(12)15-19-16(20-23-15)17(2,3)4/h6-9,11,21H,5,10H2,1-4H3,(H,18,22). The van der Waals surface area contributed by atoms with Crippen LogP contribution in [0.1, 0.15) is 50.3 Å². The molecular formula is C17H23N3O3. The third-order valence-electron chi connectivity index (χ3n) is 3.55. The average molecular weight is 317 g/mol. The molecule has 0 radical (unpaired) electrons. The fourth-order valence-corrected chi connectivity index (χ4v) is 2.05. The lowest BCUT2D eigenvalue weighted by Gasteiger charge is -2.15. The van der Waals surface area contributed by atoms with Crippen LogP contribution in [0.5, 0.6) is 0 Å². The van der Waals surface area contributed by atoms with Gasteiger partial charge in [0.1, 0.15) is 0 Å². The van der Waals surface area contributed by atoms with Crippen molar-refractivity contribution < 1.29 is 14.4 Å². The van der Waals surface area contributed by atoms with Crippen LogP contribution in [0.2, 0.25) is 0 Å². The number of nitrogens with zero attached hydrogens (tertiary/aromatic N) is 2. The average Bonchev–Trinajstić information content (AvgIpc) is 3.02. The molecule has 6 heteroatoms. The molecule has 6 nitrogen and oxygen atoms in total. The van der Waals surface area contributed by atoms with Gasteiger partial charge >= 0.3 is 0 Å². The largest absolute Gasteiger partial charge is 0.394 e. The first kappa shape index (κ1) is 17.1. The van der Waals surface area contributed by atoms with Crippen molar-refractivity contribution in [2.75, 3.05) is 6.61 Å². The van der Waals surface area contributed by atoms with Crippen LogP contribution in [-0.4, -0.2) is 33.8 Å². The molecule has 1 aromatic heterocycles. The van der Waals surface area contributed by atoms with Crippen molar-refractivity contribution in [2.45, 2.75) is 45.6 Å². The summed E-state index contributed by atoms with van der Waals surface area (Å²) in [4.78, 5) is 16.9. The summed E-state index contributed by atoms with van der Waals surface area (Å²) in [6.45, 7) is 7.79. The Kier molecular flexibility index (Phi) is 5.15. The Labute approximate surface area is 135 Å². The van der Waals surface area contributed by atoms with Crippen molar-refractivity contribution in [3.8, 4) is 11.5 Å². The number of hydrogen-bond acceptors (Lipinski definition) is 5. The summed E-state index contributed by atoms with van der Waals surface area (Å²) in [5, 5.41) is 16.0. The molecule has 1 heterocycles. The van der Waals surface area contributed by atoms with Gasteiger partial charge in [-0.15, -0.1) is 0 Å². The number of benzene rings is 1. The number of aromatic nitrogens is 2. The van der Waals surface area contributed by atoms with Crippen molar-refractivity contribution in [3.63, 3.8) is 0 Å². The Balaban J connectivity index is 2.34. The Bertz CT molecular complexity index is 670. The lowest BCUT2D eigenvalue weighted by atomic mass is 9.96. The second-order valence-corrected chi connectivity index (χ2v) is 6.48. The van der Waals surface area contributed by atoms with Crippen molar-refractivity contribution in [3.05, 3.63) is 35.7 Å². The first-order valence-corrected chi connectivity index (χ1v) is 7.72. The second-order valence-electron chi connectivity index (χ2n) is 6.48. The van der Waals surface area contributed by atoms with Crippen LogP contribution < -0.4 is 5.32 Å². The summed E-state index contributed by atoms with van der Waals surface area (Å²) in [6, 6.07) is 6.80. The molecule has 0 aliphatic heterocycles. The van der Waals surface area contributed by atoms with Gasteiger partial charge in [-0.2, -0.15) is 4.98 Å². The zero-order chi connectivity index (χ0) is 17.0. The monoisotopic (exact) mass is 317 g/mol. The third-order valence-corrected chi connectivity index (χ3v) is 3.55. The molecule has 0 saturated heterocycles. The summed E-state index contributed by atoms with van der Waals surface area (Å²) in [5.41, 5.74) is 0.799. The van der Waals surface area contributed by atoms with Gasteiger partial charge in [0.25, 0.3) is 11.8 Å². The van der Waals surface area contributed by atoms with E-state index in [1.807, 2.05) is 33.8 Å². The van der Waals surface area contributed by atoms with Crippen LogP contribution in [0, 0.1) is 0 Å². The highest BCUT2D eigenvalue weighted by atomic mass is 16.5. The molecule has 1 unspecified atom stereocenters. The van der Waals surface area contributed by atoms with Crippen molar-refractivity contribution in [2.24, 2.45) is 0 Å². The lowest BCUT2D eigenvalue weighted by molar-refractivity contribution is 0.0915. The van der Waals surface area contributed by atoms with Gasteiger partial charge < -0.3 is 14.9 Å². The second kappa shape index (κ2) is 6.91. The number of aliphatic hydroxyl groups excluding tert-OH is 1. The normalized spacial score (nSPS) is 12.9. The molecule has 124 valence electrons. The minimum absolute atomic E-state index is 0.0981. The van der Waals surface area contributed by atoms with Gasteiger partial charge in [-0.1, -0.05) is 45.0 Å². The minimum atomic E-state index is -0.275. The van der Waals surface area contributed by atoms with Crippen molar-refractivity contribution >= 4 is 5.91 Å². The molecule has 0 saturated carbocycles. The summed E-state index contributed by atoms with van der Waals surface area (Å²) in [7, 11) is 0. The van der Waals surface area contributed by atoms with Crippen LogP contribution in [0.3, 0.4) is 0 Å². The van der Waals surface area contributed by atoms with Gasteiger partial charge in [-0.25, -0.2) is 0 Å². The molecule has 2 N–H and O–H groups in total. The molecule has 0 aliphatic rings. The molecule has 1 amide bonds. The number of nitrogens with one attached hydrogen (secondary N) is 1. The van der Waals surface area contributed by atoms with E-state index in [0.717, 1.165) is 0 Å². The number of hydrogen-bond donors (Lipinski definition) is 2. The van der Waals surface area contributed by atoms with E-state index < -0.39 is 0 Å². The summed E-state index contributed by atoms with van der Waals surface area (Å²) in [5.74, 6) is 0.638. The van der Waals surface area contributed by atoms with Gasteiger partial charge in [-0.05, 0) is 18.6 Å². The SMILES string of the molecule is CCC(CO)NC(=O)c1ccccc1-c1nc(C(C)(C)C)no1. The minimum Gasteiger partial charge on any atom is -0.394 e. The maximum Gasteiger partial charge on any atom is 0.258 e. The van der Waals surface area contributed by atoms with E-state index in [4.69, 9.17) is 4.52 Å². The number of amides is 1. The van der Waals surface area contributed by atoms with E-state index in [9.17, 15) is 9.90 Å². The van der Waals surface area contributed by atoms with Crippen molar-refractivity contribution in [1.82, 2.24) is 15.5 Å². The predicted octanol–water partition coefficient (Wildman–Crippen LogP) is 2.53. The molecule has 2 aromatic rings. The Morgan fingerprint density at radius 1 is 1.35 bits per heavy atom. The smallest absolute Gasteiger partial charge is 0.258 e. The first-order valence-electron chi connectivity index (χ1n) is 7.72. The molecule has 0 bridgehead atoms. The molecule has 1 aromatic carbocycles. The summed E-state index contributed by atoms with van der Waals surface area (Å²) in [6.07, 6.45) is 0.652. The van der Waals surface area contributed by atoms with Gasteiger partial charge in [0, 0.05) is 5.41 Å². The van der Waals surface area contributed by atoms with Crippen LogP contribution in [0.4, 0.5) is 0 Å². The van der Waals surface area contributed by atoms with E-state index in [1.54, 1.807) is 18.2 Å². The summed E-state index contributed by atoms with van der Waals surface area (Å²) < 4.78 is 5.34. The van der Waals surface area contributed by atoms with E-state index in [0.29, 0.717) is 29.3 Å². The van der Waals surface area contributed by atoms with Crippen LogP contribution >= 0.6 is 0 Å².